The Kier molecular flexibility index (Phi) is 4.59. The molecule has 0 aliphatic rings. The molecule has 1 aromatic rings. The molecular weight excluding hydrogens is 326 g/mol. The molecule has 4 heteroatoms. The molecule has 0 radical (unpaired) electrons. The van der Waals surface area contributed by atoms with E-state index < -0.39 is 0 Å². The summed E-state index contributed by atoms with van der Waals surface area (Å²) in [5, 5.41) is 3.26. The van der Waals surface area contributed by atoms with Crippen LogP contribution < -0.4 is 0 Å². The normalized spacial score (nSPS) is 12.1. The Hall–Kier alpha value is 0.590. The molecule has 0 aliphatic heterocycles. The molecule has 0 aliphatic carbocycles. The lowest BCUT2D eigenvalue weighted by Crippen LogP contribution is -2.23. The molecule has 0 saturated heterocycles. The third-order valence-electron chi connectivity index (χ3n) is 2.30. The second kappa shape index (κ2) is 5.08. The van der Waals surface area contributed by atoms with E-state index >= 15 is 0 Å². The zero-order chi connectivity index (χ0) is 10.8. The second-order valence-corrected chi connectivity index (χ2v) is 6.41. The first-order valence-electron chi connectivity index (χ1n) is 4.55. The fraction of sp³-hybridized carbons (Fsp3) is 0.700. The summed E-state index contributed by atoms with van der Waals surface area (Å²) in [7, 11) is 0. The average Bonchev–Trinajstić information content (AvgIpc) is 2.45. The van der Waals surface area contributed by atoms with E-state index in [0.29, 0.717) is 0 Å². The van der Waals surface area contributed by atoms with Gasteiger partial charge in [-0.1, -0.05) is 38.8 Å². The molecule has 0 fully saturated rings. The number of aryl methyl sites for hydroxylation is 2. The van der Waals surface area contributed by atoms with Crippen LogP contribution in [0.2, 0.25) is 0 Å². The summed E-state index contributed by atoms with van der Waals surface area (Å²) < 4.78 is 0. The lowest BCUT2D eigenvalue weighted by molar-refractivity contribution is 0.437. The van der Waals surface area contributed by atoms with Gasteiger partial charge in [-0.2, -0.15) is 0 Å². The Morgan fingerprint density at radius 1 is 1.29 bits per heavy atom. The van der Waals surface area contributed by atoms with Crippen molar-refractivity contribution < 1.29 is 0 Å². The second-order valence-electron chi connectivity index (χ2n) is 4.00. The van der Waals surface area contributed by atoms with Crippen molar-refractivity contribution in [3.05, 3.63) is 15.6 Å². The molecule has 0 aromatic carbocycles. The highest BCUT2D eigenvalue weighted by molar-refractivity contribution is 9.09. The molecule has 0 saturated carbocycles. The fourth-order valence-corrected chi connectivity index (χ4v) is 3.59. The Labute approximate surface area is 107 Å². The van der Waals surface area contributed by atoms with Crippen LogP contribution in [0.1, 0.15) is 22.5 Å². The van der Waals surface area contributed by atoms with Crippen molar-refractivity contribution in [1.29, 1.82) is 0 Å². The standard InChI is InChI=1S/C10H15Br2NS/c1-7-8(2)14-9(13-7)4-10(3,5-11)6-12/h4-6H2,1-3H3. The summed E-state index contributed by atoms with van der Waals surface area (Å²) in [6.45, 7) is 6.48. The van der Waals surface area contributed by atoms with Crippen LogP contribution in [-0.2, 0) is 6.42 Å². The predicted octanol–water partition coefficient (Wildman–Crippen LogP) is 4.10. The number of thiazole rings is 1. The van der Waals surface area contributed by atoms with Gasteiger partial charge < -0.3 is 0 Å². The minimum Gasteiger partial charge on any atom is -0.246 e. The minimum absolute atomic E-state index is 0.275. The van der Waals surface area contributed by atoms with Gasteiger partial charge in [0, 0.05) is 22.0 Å². The van der Waals surface area contributed by atoms with Crippen molar-refractivity contribution in [2.45, 2.75) is 27.2 Å². The molecule has 1 aromatic heterocycles. The van der Waals surface area contributed by atoms with Crippen LogP contribution in [0.3, 0.4) is 0 Å². The lowest BCUT2D eigenvalue weighted by atomic mass is 9.92. The Morgan fingerprint density at radius 3 is 2.21 bits per heavy atom. The summed E-state index contributed by atoms with van der Waals surface area (Å²) in [6, 6.07) is 0. The van der Waals surface area contributed by atoms with Gasteiger partial charge in [-0.25, -0.2) is 4.98 Å². The number of aromatic nitrogens is 1. The van der Waals surface area contributed by atoms with E-state index in [1.807, 2.05) is 11.3 Å². The first-order chi connectivity index (χ1) is 6.50. The molecule has 0 spiro atoms. The van der Waals surface area contributed by atoms with E-state index in [9.17, 15) is 0 Å². The largest absolute Gasteiger partial charge is 0.246 e. The van der Waals surface area contributed by atoms with Gasteiger partial charge in [0.05, 0.1) is 10.7 Å². The first-order valence-corrected chi connectivity index (χ1v) is 7.61. The smallest absolute Gasteiger partial charge is 0.0936 e. The van der Waals surface area contributed by atoms with Gasteiger partial charge in [0.15, 0.2) is 0 Å². The molecule has 0 unspecified atom stereocenters. The maximum atomic E-state index is 4.57. The van der Waals surface area contributed by atoms with E-state index in [4.69, 9.17) is 0 Å². The van der Waals surface area contributed by atoms with Gasteiger partial charge in [0.2, 0.25) is 0 Å². The fourth-order valence-electron chi connectivity index (χ4n) is 1.11. The quantitative estimate of drug-likeness (QED) is 0.752. The Morgan fingerprint density at radius 2 is 1.86 bits per heavy atom. The number of alkyl halides is 2. The monoisotopic (exact) mass is 339 g/mol. The first kappa shape index (κ1) is 12.7. The number of halogens is 2. The molecule has 80 valence electrons. The van der Waals surface area contributed by atoms with Crippen LogP contribution in [0.5, 0.6) is 0 Å². The maximum absolute atomic E-state index is 4.57. The van der Waals surface area contributed by atoms with Gasteiger partial charge in [0.1, 0.15) is 0 Å². The van der Waals surface area contributed by atoms with Gasteiger partial charge in [0.25, 0.3) is 0 Å². The highest BCUT2D eigenvalue weighted by atomic mass is 79.9. The summed E-state index contributed by atoms with van der Waals surface area (Å²) in [5.74, 6) is 0. The van der Waals surface area contributed by atoms with Crippen molar-refractivity contribution in [3.63, 3.8) is 0 Å². The molecule has 0 N–H and O–H groups in total. The van der Waals surface area contributed by atoms with Crippen LogP contribution in [0.4, 0.5) is 0 Å². The molecule has 0 bridgehead atoms. The average molecular weight is 341 g/mol. The van der Waals surface area contributed by atoms with E-state index in [2.05, 4.69) is 57.6 Å². The van der Waals surface area contributed by atoms with E-state index in [1.54, 1.807) is 0 Å². The SMILES string of the molecule is Cc1nc(CC(C)(CBr)CBr)sc1C. The lowest BCUT2D eigenvalue weighted by Gasteiger charge is -2.22. The Bertz CT molecular complexity index is 286. The van der Waals surface area contributed by atoms with Gasteiger partial charge in [-0.05, 0) is 19.3 Å². The van der Waals surface area contributed by atoms with Gasteiger partial charge in [-0.3, -0.25) is 0 Å². The molecule has 14 heavy (non-hydrogen) atoms. The summed E-state index contributed by atoms with van der Waals surface area (Å²) in [4.78, 5) is 5.91. The van der Waals surface area contributed by atoms with Crippen molar-refractivity contribution in [3.8, 4) is 0 Å². The minimum atomic E-state index is 0.275. The van der Waals surface area contributed by atoms with Crippen molar-refractivity contribution in [2.75, 3.05) is 10.7 Å². The van der Waals surface area contributed by atoms with Crippen LogP contribution in [0, 0.1) is 19.3 Å². The zero-order valence-corrected chi connectivity index (χ0v) is 12.7. The third kappa shape index (κ3) is 3.04. The summed E-state index contributed by atoms with van der Waals surface area (Å²) in [5.41, 5.74) is 1.45. The van der Waals surface area contributed by atoms with Gasteiger partial charge in [-0.15, -0.1) is 11.3 Å². The van der Waals surface area contributed by atoms with Crippen molar-refractivity contribution >= 4 is 43.2 Å². The van der Waals surface area contributed by atoms with Crippen LogP contribution in [-0.4, -0.2) is 15.6 Å². The maximum Gasteiger partial charge on any atom is 0.0936 e. The molecule has 0 atom stereocenters. The molecule has 1 nitrogen and oxygen atoms in total. The van der Waals surface area contributed by atoms with Crippen LogP contribution in [0.15, 0.2) is 0 Å². The summed E-state index contributed by atoms with van der Waals surface area (Å²) in [6.07, 6.45) is 1.04. The van der Waals surface area contributed by atoms with Crippen LogP contribution in [0.25, 0.3) is 0 Å². The topological polar surface area (TPSA) is 12.9 Å². The van der Waals surface area contributed by atoms with Gasteiger partial charge >= 0.3 is 0 Å². The zero-order valence-electron chi connectivity index (χ0n) is 8.73. The number of hydrogen-bond acceptors (Lipinski definition) is 2. The number of rotatable bonds is 4. The summed E-state index contributed by atoms with van der Waals surface area (Å²) >= 11 is 8.94. The Balaban J connectivity index is 2.77. The third-order valence-corrected chi connectivity index (χ3v) is 6.08. The highest BCUT2D eigenvalue weighted by Crippen LogP contribution is 2.29. The van der Waals surface area contributed by atoms with Crippen molar-refractivity contribution in [2.24, 2.45) is 5.41 Å². The number of nitrogens with zero attached hydrogens (tertiary/aromatic N) is 1. The molecule has 1 heterocycles. The highest BCUT2D eigenvalue weighted by Gasteiger charge is 2.23. The molecule has 1 rings (SSSR count). The van der Waals surface area contributed by atoms with E-state index in [1.165, 1.54) is 15.6 Å². The van der Waals surface area contributed by atoms with E-state index in [-0.39, 0.29) is 5.41 Å². The number of hydrogen-bond donors (Lipinski definition) is 0. The van der Waals surface area contributed by atoms with Crippen molar-refractivity contribution in [1.82, 2.24) is 4.98 Å². The molecule has 0 amide bonds. The van der Waals surface area contributed by atoms with E-state index in [0.717, 1.165) is 17.1 Å². The molecular formula is C10H15Br2NS. The predicted molar refractivity (Wildman–Crippen MR) is 71.0 cm³/mol. The van der Waals surface area contributed by atoms with Crippen LogP contribution >= 0.6 is 43.2 Å².